The van der Waals surface area contributed by atoms with Crippen molar-refractivity contribution in [2.45, 2.75) is 26.2 Å². The first-order valence-corrected chi connectivity index (χ1v) is 7.84. The summed E-state index contributed by atoms with van der Waals surface area (Å²) in [5.74, 6) is 0.766. The minimum Gasteiger partial charge on any atom is -0.489 e. The normalized spacial score (nSPS) is 12.2. The number of hydrogen-bond donors (Lipinski definition) is 2. The van der Waals surface area contributed by atoms with Gasteiger partial charge in [-0.05, 0) is 42.8 Å². The highest BCUT2D eigenvalue weighted by molar-refractivity contribution is 6.30. The first-order chi connectivity index (χ1) is 10.5. The van der Waals surface area contributed by atoms with Crippen molar-refractivity contribution in [3.63, 3.8) is 0 Å². The molecule has 3 nitrogen and oxygen atoms in total. The zero-order valence-corrected chi connectivity index (χ0v) is 13.9. The molecule has 2 N–H and O–H groups in total. The van der Waals surface area contributed by atoms with E-state index < -0.39 is 6.10 Å². The van der Waals surface area contributed by atoms with E-state index in [1.807, 2.05) is 36.4 Å². The third-order valence-corrected chi connectivity index (χ3v) is 3.53. The van der Waals surface area contributed by atoms with Crippen molar-refractivity contribution in [2.24, 2.45) is 0 Å². The molecule has 0 aromatic heterocycles. The van der Waals surface area contributed by atoms with E-state index in [1.165, 1.54) is 0 Å². The van der Waals surface area contributed by atoms with E-state index in [2.05, 4.69) is 5.32 Å². The number of ether oxygens (including phenoxy) is 1. The maximum Gasteiger partial charge on any atom is 0.124 e. The summed E-state index contributed by atoms with van der Waals surface area (Å²) in [6.07, 6.45) is -0.394. The van der Waals surface area contributed by atoms with Crippen LogP contribution >= 0.6 is 23.2 Å². The fraction of sp³-hybridized carbons (Fsp3) is 0.294. The van der Waals surface area contributed by atoms with Crippen molar-refractivity contribution in [1.29, 1.82) is 0 Å². The second-order valence-corrected chi connectivity index (χ2v) is 6.02. The van der Waals surface area contributed by atoms with Gasteiger partial charge in [0.2, 0.25) is 0 Å². The summed E-state index contributed by atoms with van der Waals surface area (Å²) in [7, 11) is 0. The molecule has 0 unspecified atom stereocenters. The van der Waals surface area contributed by atoms with Gasteiger partial charge in [0.15, 0.2) is 0 Å². The Balaban J connectivity index is 2.03. The van der Waals surface area contributed by atoms with Crippen molar-refractivity contribution in [3.8, 4) is 5.75 Å². The highest BCUT2D eigenvalue weighted by Crippen LogP contribution is 2.24. The van der Waals surface area contributed by atoms with Crippen LogP contribution in [-0.4, -0.2) is 17.8 Å². The van der Waals surface area contributed by atoms with Crippen molar-refractivity contribution in [1.82, 2.24) is 5.32 Å². The van der Waals surface area contributed by atoms with Gasteiger partial charge in [0.1, 0.15) is 12.4 Å². The second kappa shape index (κ2) is 8.39. The van der Waals surface area contributed by atoms with E-state index in [1.54, 1.807) is 13.0 Å². The van der Waals surface area contributed by atoms with Gasteiger partial charge in [-0.3, -0.25) is 0 Å². The van der Waals surface area contributed by atoms with Crippen LogP contribution in [0.2, 0.25) is 10.0 Å². The number of halogens is 2. The first kappa shape index (κ1) is 17.1. The number of rotatable bonds is 7. The Kier molecular flexibility index (Phi) is 6.52. The van der Waals surface area contributed by atoms with Crippen molar-refractivity contribution < 1.29 is 9.84 Å². The third kappa shape index (κ3) is 5.50. The van der Waals surface area contributed by atoms with Gasteiger partial charge < -0.3 is 15.2 Å². The zero-order valence-electron chi connectivity index (χ0n) is 12.4. The van der Waals surface area contributed by atoms with Crippen LogP contribution in [0.5, 0.6) is 5.75 Å². The van der Waals surface area contributed by atoms with Crippen LogP contribution in [0.25, 0.3) is 0 Å². The standard InChI is InChI=1S/C17H19Cl2NO2/c1-12(21)9-20-10-14-8-16(19)5-6-17(14)22-11-13-3-2-4-15(18)7-13/h2-8,12,20-21H,9-11H2,1H3/t12-/m0/s1. The predicted molar refractivity (Wildman–Crippen MR) is 90.6 cm³/mol. The van der Waals surface area contributed by atoms with Crippen molar-refractivity contribution >= 4 is 23.2 Å². The molecule has 2 aromatic carbocycles. The minimum absolute atomic E-state index is 0.394. The second-order valence-electron chi connectivity index (χ2n) is 5.15. The van der Waals surface area contributed by atoms with E-state index in [9.17, 15) is 5.11 Å². The molecule has 0 bridgehead atoms. The van der Waals surface area contributed by atoms with Gasteiger partial charge in [-0.1, -0.05) is 35.3 Å². The zero-order chi connectivity index (χ0) is 15.9. The van der Waals surface area contributed by atoms with Gasteiger partial charge in [-0.15, -0.1) is 0 Å². The molecular formula is C17H19Cl2NO2. The van der Waals surface area contributed by atoms with Gasteiger partial charge >= 0.3 is 0 Å². The first-order valence-electron chi connectivity index (χ1n) is 7.09. The maximum absolute atomic E-state index is 9.30. The van der Waals surface area contributed by atoms with Crippen LogP contribution in [0.4, 0.5) is 0 Å². The van der Waals surface area contributed by atoms with Gasteiger partial charge in [0.25, 0.3) is 0 Å². The molecule has 0 aliphatic rings. The quantitative estimate of drug-likeness (QED) is 0.799. The summed E-state index contributed by atoms with van der Waals surface area (Å²) < 4.78 is 5.87. The molecule has 5 heteroatoms. The lowest BCUT2D eigenvalue weighted by atomic mass is 10.2. The number of nitrogens with one attached hydrogen (secondary N) is 1. The predicted octanol–water partition coefficient (Wildman–Crippen LogP) is 4.04. The van der Waals surface area contributed by atoms with Crippen LogP contribution in [-0.2, 0) is 13.2 Å². The van der Waals surface area contributed by atoms with Crippen LogP contribution in [0, 0.1) is 0 Å². The summed E-state index contributed by atoms with van der Waals surface area (Å²) in [4.78, 5) is 0. The Morgan fingerprint density at radius 1 is 1.14 bits per heavy atom. The van der Waals surface area contributed by atoms with E-state index >= 15 is 0 Å². The average molecular weight is 340 g/mol. The highest BCUT2D eigenvalue weighted by Gasteiger charge is 2.06. The van der Waals surface area contributed by atoms with E-state index in [-0.39, 0.29) is 0 Å². The molecule has 0 amide bonds. The molecule has 22 heavy (non-hydrogen) atoms. The fourth-order valence-corrected chi connectivity index (χ4v) is 2.44. The monoisotopic (exact) mass is 339 g/mol. The molecule has 0 saturated heterocycles. The molecule has 0 aliphatic heterocycles. The molecule has 0 radical (unpaired) electrons. The summed E-state index contributed by atoms with van der Waals surface area (Å²) in [5.41, 5.74) is 1.96. The van der Waals surface area contributed by atoms with Gasteiger partial charge in [-0.2, -0.15) is 0 Å². The summed E-state index contributed by atoms with van der Waals surface area (Å²) in [6, 6.07) is 13.1. The minimum atomic E-state index is -0.394. The molecule has 0 saturated carbocycles. The molecule has 0 heterocycles. The Bertz CT molecular complexity index is 617. The van der Waals surface area contributed by atoms with Crippen molar-refractivity contribution in [3.05, 3.63) is 63.6 Å². The third-order valence-electron chi connectivity index (χ3n) is 3.06. The smallest absolute Gasteiger partial charge is 0.124 e. The lowest BCUT2D eigenvalue weighted by molar-refractivity contribution is 0.190. The Morgan fingerprint density at radius 2 is 1.91 bits per heavy atom. The number of benzene rings is 2. The molecule has 0 aliphatic carbocycles. The highest BCUT2D eigenvalue weighted by atomic mass is 35.5. The molecule has 2 rings (SSSR count). The van der Waals surface area contributed by atoms with Crippen LogP contribution < -0.4 is 10.1 Å². The lowest BCUT2D eigenvalue weighted by Gasteiger charge is -2.13. The maximum atomic E-state index is 9.30. The van der Waals surface area contributed by atoms with Gasteiger partial charge in [0.05, 0.1) is 6.10 Å². The van der Waals surface area contributed by atoms with E-state index in [0.29, 0.717) is 29.7 Å². The Morgan fingerprint density at radius 3 is 2.64 bits per heavy atom. The van der Waals surface area contributed by atoms with Crippen LogP contribution in [0.3, 0.4) is 0 Å². The SMILES string of the molecule is C[C@H](O)CNCc1cc(Cl)ccc1OCc1cccc(Cl)c1. The van der Waals surface area contributed by atoms with Crippen LogP contribution in [0.15, 0.2) is 42.5 Å². The van der Waals surface area contributed by atoms with Crippen LogP contribution in [0.1, 0.15) is 18.1 Å². The lowest BCUT2D eigenvalue weighted by Crippen LogP contribution is -2.24. The van der Waals surface area contributed by atoms with E-state index in [4.69, 9.17) is 27.9 Å². The molecule has 0 fully saturated rings. The Labute approximate surface area is 140 Å². The summed E-state index contributed by atoms with van der Waals surface area (Å²) in [5, 5.41) is 13.8. The average Bonchev–Trinajstić information content (AvgIpc) is 2.46. The largest absolute Gasteiger partial charge is 0.489 e. The molecule has 118 valence electrons. The summed E-state index contributed by atoms with van der Waals surface area (Å²) in [6.45, 7) is 3.27. The van der Waals surface area contributed by atoms with Crippen molar-refractivity contribution in [2.75, 3.05) is 6.54 Å². The summed E-state index contributed by atoms with van der Waals surface area (Å²) >= 11 is 12.0. The molecule has 0 spiro atoms. The molecule has 2 aromatic rings. The number of aliphatic hydroxyl groups excluding tert-OH is 1. The topological polar surface area (TPSA) is 41.5 Å². The van der Waals surface area contributed by atoms with Gasteiger partial charge in [-0.25, -0.2) is 0 Å². The van der Waals surface area contributed by atoms with Gasteiger partial charge in [0, 0.05) is 28.7 Å². The molecular weight excluding hydrogens is 321 g/mol. The molecule has 1 atom stereocenters. The van der Waals surface area contributed by atoms with E-state index in [0.717, 1.165) is 16.9 Å². The fourth-order valence-electron chi connectivity index (χ4n) is 2.03. The Hall–Kier alpha value is -1.26. The number of hydrogen-bond acceptors (Lipinski definition) is 3. The number of aliphatic hydroxyl groups is 1.